The topological polar surface area (TPSA) is 128 Å². The molecular weight excluding hydrogens is 136 g/mol. The van der Waals surface area contributed by atoms with Gasteiger partial charge in [0.25, 0.3) is 0 Å². The molecule has 0 heterocycles. The third-order valence-electron chi connectivity index (χ3n) is 0.324. The molecule has 6 nitrogen and oxygen atoms in total. The highest BCUT2D eigenvalue weighted by molar-refractivity contribution is 5.78. The first-order valence-corrected chi connectivity index (χ1v) is 2.18. The molecule has 0 aliphatic heterocycles. The molecule has 0 aromatic heterocycles. The van der Waals surface area contributed by atoms with Gasteiger partial charge < -0.3 is 22.4 Å². The number of hydrogen-bond acceptors (Lipinski definition) is 3. The summed E-state index contributed by atoms with van der Waals surface area (Å²) < 4.78 is 0. The van der Waals surface area contributed by atoms with Crippen LogP contribution in [0.1, 0.15) is 0 Å². The van der Waals surface area contributed by atoms with Crippen LogP contribution in [0.25, 0.3) is 0 Å². The van der Waals surface area contributed by atoms with Crippen molar-refractivity contribution in [2.75, 3.05) is 0 Å². The molecule has 7 N–H and O–H groups in total. The number of nitrogens with two attached hydrogens (primary N) is 3. The van der Waals surface area contributed by atoms with Crippen LogP contribution in [-0.4, -0.2) is 17.0 Å². The summed E-state index contributed by atoms with van der Waals surface area (Å²) in [7, 11) is 0. The fraction of sp³-hybridized carbons (Fsp3) is 0. The predicted octanol–water partition coefficient (Wildman–Crippen LogP) is -1.61. The van der Waals surface area contributed by atoms with Gasteiger partial charge in [-0.2, -0.15) is 0 Å². The van der Waals surface area contributed by atoms with Gasteiger partial charge in [-0.25, -0.2) is 4.79 Å². The lowest BCUT2D eigenvalue weighted by atomic mass is 10.7. The van der Waals surface area contributed by atoms with Crippen molar-refractivity contribution in [2.45, 2.75) is 0 Å². The van der Waals surface area contributed by atoms with Crippen molar-refractivity contribution in [3.63, 3.8) is 0 Å². The van der Waals surface area contributed by atoms with E-state index in [4.69, 9.17) is 16.6 Å². The van der Waals surface area contributed by atoms with Crippen molar-refractivity contribution >= 4 is 11.9 Å². The van der Waals surface area contributed by atoms with Gasteiger partial charge in [0.2, 0.25) is 5.96 Å². The molecule has 0 radical (unpaired) electrons. The standard InChI is InChI=1S/C3H4O2.CH6N4/c1-2-3(4)5;2-1(3)5-4/h2H,1H2,(H,4,5);4H2,(H4,2,3,5). The Bertz CT molecular complexity index is 138. The van der Waals surface area contributed by atoms with E-state index in [9.17, 15) is 4.79 Å². The molecule has 0 saturated heterocycles. The zero-order valence-electron chi connectivity index (χ0n) is 5.32. The normalized spacial score (nSPS) is 6.40. The molecule has 10 heavy (non-hydrogen) atoms. The number of aliphatic carboxylic acids is 1. The number of hydrogen-bond donors (Lipinski definition) is 4. The average molecular weight is 146 g/mol. The van der Waals surface area contributed by atoms with Crippen molar-refractivity contribution in [2.24, 2.45) is 22.4 Å². The maximum atomic E-state index is 9.25. The van der Waals surface area contributed by atoms with Crippen LogP contribution in [0.15, 0.2) is 17.8 Å². The summed E-state index contributed by atoms with van der Waals surface area (Å²) in [5, 5.41) is 10.5. The molecule has 0 aromatic rings. The molecule has 58 valence electrons. The maximum Gasteiger partial charge on any atom is 0.327 e. The van der Waals surface area contributed by atoms with Gasteiger partial charge in [0.15, 0.2) is 0 Å². The van der Waals surface area contributed by atoms with E-state index >= 15 is 0 Å². The first kappa shape index (κ1) is 11.1. The highest BCUT2D eigenvalue weighted by Gasteiger charge is 1.73. The summed E-state index contributed by atoms with van der Waals surface area (Å²) in [5.41, 5.74) is 9.39. The third kappa shape index (κ3) is 33.7. The second-order valence-corrected chi connectivity index (χ2v) is 1.10. The molecule has 0 aromatic carbocycles. The van der Waals surface area contributed by atoms with Gasteiger partial charge in [-0.1, -0.05) is 6.58 Å². The summed E-state index contributed by atoms with van der Waals surface area (Å²) in [4.78, 5) is 9.25. The lowest BCUT2D eigenvalue weighted by Crippen LogP contribution is -2.23. The van der Waals surface area contributed by atoms with Crippen LogP contribution in [0.5, 0.6) is 0 Å². The molecule has 6 heteroatoms. The molecule has 0 rings (SSSR count). The molecule has 0 bridgehead atoms. The van der Waals surface area contributed by atoms with Crippen molar-refractivity contribution in [1.82, 2.24) is 0 Å². The Kier molecular flexibility index (Phi) is 8.10. The molecule has 0 atom stereocenters. The van der Waals surface area contributed by atoms with E-state index in [1.54, 1.807) is 0 Å². The zero-order valence-corrected chi connectivity index (χ0v) is 5.32. The highest BCUT2D eigenvalue weighted by atomic mass is 16.4. The van der Waals surface area contributed by atoms with Gasteiger partial charge in [-0.15, -0.1) is 5.10 Å². The van der Waals surface area contributed by atoms with Crippen LogP contribution in [0, 0.1) is 0 Å². The van der Waals surface area contributed by atoms with Gasteiger partial charge in [0.05, 0.1) is 0 Å². The highest BCUT2D eigenvalue weighted by Crippen LogP contribution is 1.54. The van der Waals surface area contributed by atoms with E-state index in [1.165, 1.54) is 0 Å². The van der Waals surface area contributed by atoms with Crippen molar-refractivity contribution in [3.05, 3.63) is 12.7 Å². The van der Waals surface area contributed by atoms with Gasteiger partial charge >= 0.3 is 5.97 Å². The van der Waals surface area contributed by atoms with Crippen LogP contribution in [0.4, 0.5) is 0 Å². The number of hydrazone groups is 1. The summed E-state index contributed by atoms with van der Waals surface area (Å²) in [6.45, 7) is 2.96. The smallest absolute Gasteiger partial charge is 0.327 e. The Labute approximate surface area is 58.0 Å². The zero-order chi connectivity index (χ0) is 8.57. The molecule has 0 saturated carbocycles. The SMILES string of the molecule is C=CC(=O)O.NN=C(N)N. The molecule has 0 spiro atoms. The number of nitrogens with zero attached hydrogens (tertiary/aromatic N) is 1. The Morgan fingerprint density at radius 2 is 1.80 bits per heavy atom. The molecular formula is C4H10N4O2. The Balaban J connectivity index is 0. The van der Waals surface area contributed by atoms with E-state index in [2.05, 4.69) is 17.5 Å². The Morgan fingerprint density at radius 3 is 1.80 bits per heavy atom. The van der Waals surface area contributed by atoms with Crippen LogP contribution in [0.2, 0.25) is 0 Å². The first-order valence-electron chi connectivity index (χ1n) is 2.18. The van der Waals surface area contributed by atoms with Crippen molar-refractivity contribution < 1.29 is 9.90 Å². The second-order valence-electron chi connectivity index (χ2n) is 1.10. The van der Waals surface area contributed by atoms with E-state index in [-0.39, 0.29) is 5.96 Å². The minimum absolute atomic E-state index is 0.0926. The predicted molar refractivity (Wildman–Crippen MR) is 37.8 cm³/mol. The monoisotopic (exact) mass is 146 g/mol. The van der Waals surface area contributed by atoms with Crippen LogP contribution in [-0.2, 0) is 4.79 Å². The van der Waals surface area contributed by atoms with Crippen molar-refractivity contribution in [1.29, 1.82) is 0 Å². The molecule has 0 fully saturated rings. The fourth-order valence-electron chi connectivity index (χ4n) is 0. The second kappa shape index (κ2) is 7.28. The first-order chi connectivity index (χ1) is 4.54. The summed E-state index contributed by atoms with van der Waals surface area (Å²) in [6, 6.07) is 0. The quantitative estimate of drug-likeness (QED) is 0.116. The van der Waals surface area contributed by atoms with Crippen molar-refractivity contribution in [3.8, 4) is 0 Å². The van der Waals surface area contributed by atoms with E-state index < -0.39 is 5.97 Å². The lowest BCUT2D eigenvalue weighted by molar-refractivity contribution is -0.131. The number of rotatable bonds is 1. The average Bonchev–Trinajstić information content (AvgIpc) is 1.89. The molecule has 0 amide bonds. The summed E-state index contributed by atoms with van der Waals surface area (Å²) >= 11 is 0. The molecule has 0 aliphatic rings. The Hall–Kier alpha value is -1.72. The number of carbonyl (C=O) groups is 1. The van der Waals surface area contributed by atoms with Crippen LogP contribution in [0.3, 0.4) is 0 Å². The minimum atomic E-state index is -0.981. The summed E-state index contributed by atoms with van der Waals surface area (Å²) in [5.74, 6) is 3.44. The fourth-order valence-corrected chi connectivity index (χ4v) is 0. The lowest BCUT2D eigenvalue weighted by Gasteiger charge is -1.76. The number of carboxylic acids is 1. The van der Waals surface area contributed by atoms with Gasteiger partial charge in [-0.3, -0.25) is 0 Å². The number of guanidine groups is 1. The molecule has 0 unspecified atom stereocenters. The van der Waals surface area contributed by atoms with Crippen LogP contribution < -0.4 is 17.3 Å². The largest absolute Gasteiger partial charge is 0.478 e. The Morgan fingerprint density at radius 1 is 1.60 bits per heavy atom. The van der Waals surface area contributed by atoms with Gasteiger partial charge in [0.1, 0.15) is 0 Å². The van der Waals surface area contributed by atoms with E-state index in [0.29, 0.717) is 0 Å². The summed E-state index contributed by atoms with van der Waals surface area (Å²) in [6.07, 6.45) is 0.833. The van der Waals surface area contributed by atoms with E-state index in [1.807, 2.05) is 0 Å². The van der Waals surface area contributed by atoms with Gasteiger partial charge in [-0.05, 0) is 0 Å². The van der Waals surface area contributed by atoms with E-state index in [0.717, 1.165) is 6.08 Å². The minimum Gasteiger partial charge on any atom is -0.478 e. The van der Waals surface area contributed by atoms with Crippen LogP contribution >= 0.6 is 0 Å². The number of carboxylic acid groups (broad SMARTS) is 1. The van der Waals surface area contributed by atoms with Gasteiger partial charge in [0, 0.05) is 6.08 Å². The third-order valence-corrected chi connectivity index (χ3v) is 0.324. The molecule has 0 aliphatic carbocycles. The maximum absolute atomic E-state index is 9.25.